The molecule has 2 aliphatic rings. The van der Waals surface area contributed by atoms with Crippen molar-refractivity contribution in [2.45, 2.75) is 51.1 Å². The van der Waals surface area contributed by atoms with Gasteiger partial charge in [-0.2, -0.15) is 0 Å². The van der Waals surface area contributed by atoms with Gasteiger partial charge < -0.3 is 4.90 Å². The third-order valence-corrected chi connectivity index (χ3v) is 5.20. The van der Waals surface area contributed by atoms with Crippen molar-refractivity contribution in [3.63, 3.8) is 0 Å². The molecule has 1 aromatic rings. The lowest BCUT2D eigenvalue weighted by Crippen LogP contribution is -2.46. The van der Waals surface area contributed by atoms with Crippen LogP contribution in [0.2, 0.25) is 0 Å². The second kappa shape index (κ2) is 6.95. The molecule has 0 aliphatic carbocycles. The van der Waals surface area contributed by atoms with Crippen LogP contribution in [0.3, 0.4) is 0 Å². The van der Waals surface area contributed by atoms with Crippen LogP contribution < -0.4 is 0 Å². The van der Waals surface area contributed by atoms with Gasteiger partial charge in [0.15, 0.2) is 0 Å². The van der Waals surface area contributed by atoms with Crippen LogP contribution in [-0.2, 0) is 4.79 Å². The van der Waals surface area contributed by atoms with Crippen LogP contribution in [-0.4, -0.2) is 41.4 Å². The smallest absolute Gasteiger partial charge is 0.222 e. The largest absolute Gasteiger partial charge is 0.340 e. The average molecular weight is 322 g/mol. The van der Waals surface area contributed by atoms with Crippen molar-refractivity contribution in [1.82, 2.24) is 9.80 Å². The lowest BCUT2D eigenvalue weighted by atomic mass is 9.96. The molecule has 0 unspecified atom stereocenters. The molecule has 1 atom stereocenters. The van der Waals surface area contributed by atoms with Gasteiger partial charge in [0.05, 0.1) is 0 Å². The molecular weight excluding hydrogens is 298 g/mol. The molecule has 0 saturated carbocycles. The number of piperidine rings is 1. The highest BCUT2D eigenvalue weighted by molar-refractivity contribution is 5.78. The maximum Gasteiger partial charge on any atom is 0.222 e. The highest BCUT2D eigenvalue weighted by Gasteiger charge is 2.33. The van der Waals surface area contributed by atoms with Crippen LogP contribution in [0.25, 0.3) is 0 Å². The van der Waals surface area contributed by atoms with E-state index in [2.05, 4.69) is 4.90 Å². The number of amides is 1. The Morgan fingerprint density at radius 1 is 1.22 bits per heavy atom. The summed E-state index contributed by atoms with van der Waals surface area (Å²) in [6.45, 7) is 4.62. The normalized spacial score (nSPS) is 21.9. The number of nitrogens with zero attached hydrogens (tertiary/aromatic N) is 2. The van der Waals surface area contributed by atoms with Crippen LogP contribution >= 0.6 is 0 Å². The zero-order chi connectivity index (χ0) is 16.4. The minimum atomic E-state index is -0.535. The predicted octanol–water partition coefficient (Wildman–Crippen LogP) is 3.50. The Kier molecular flexibility index (Phi) is 4.95. The second-order valence-corrected chi connectivity index (χ2v) is 6.55. The summed E-state index contributed by atoms with van der Waals surface area (Å²) < 4.78 is 27.2. The Morgan fingerprint density at radius 3 is 2.52 bits per heavy atom. The average Bonchev–Trinajstić information content (AvgIpc) is 2.97. The van der Waals surface area contributed by atoms with E-state index >= 15 is 0 Å². The molecule has 1 aromatic carbocycles. The van der Waals surface area contributed by atoms with Crippen LogP contribution in [0.1, 0.15) is 50.6 Å². The molecule has 126 valence electrons. The zero-order valence-corrected chi connectivity index (χ0v) is 13.6. The second-order valence-electron chi connectivity index (χ2n) is 6.55. The van der Waals surface area contributed by atoms with Gasteiger partial charge in [-0.15, -0.1) is 0 Å². The topological polar surface area (TPSA) is 23.6 Å². The number of benzene rings is 1. The Balaban J connectivity index is 1.66. The van der Waals surface area contributed by atoms with E-state index < -0.39 is 11.6 Å². The zero-order valence-electron chi connectivity index (χ0n) is 13.6. The molecule has 23 heavy (non-hydrogen) atoms. The molecule has 3 rings (SSSR count). The maximum atomic E-state index is 14.1. The van der Waals surface area contributed by atoms with Crippen molar-refractivity contribution in [3.8, 4) is 0 Å². The summed E-state index contributed by atoms with van der Waals surface area (Å²) in [6.07, 6.45) is 4.31. The number of rotatable bonds is 4. The summed E-state index contributed by atoms with van der Waals surface area (Å²) in [6, 6.07) is 4.17. The fourth-order valence-electron chi connectivity index (χ4n) is 4.01. The lowest BCUT2D eigenvalue weighted by Gasteiger charge is -2.40. The summed E-state index contributed by atoms with van der Waals surface area (Å²) in [5.74, 6) is -0.721. The highest BCUT2D eigenvalue weighted by atomic mass is 19.1. The van der Waals surface area contributed by atoms with E-state index in [1.165, 1.54) is 6.07 Å². The maximum absolute atomic E-state index is 14.1. The number of likely N-dealkylation sites (tertiary alicyclic amines) is 2. The molecular formula is C18H24F2N2O. The molecule has 2 aliphatic heterocycles. The van der Waals surface area contributed by atoms with Gasteiger partial charge in [0.2, 0.25) is 5.91 Å². The SMILES string of the molecule is CC[C@@H](c1ccc(F)cc1F)N1CCC(N2CCCC2=O)CC1. The molecule has 2 heterocycles. The number of carbonyl (C=O) groups is 1. The molecule has 5 heteroatoms. The summed E-state index contributed by atoms with van der Waals surface area (Å²) >= 11 is 0. The first-order chi connectivity index (χ1) is 11.1. The monoisotopic (exact) mass is 322 g/mol. The van der Waals surface area contributed by atoms with E-state index in [9.17, 15) is 13.6 Å². The first-order valence-corrected chi connectivity index (χ1v) is 8.58. The van der Waals surface area contributed by atoms with Gasteiger partial charge in [-0.05, 0) is 31.7 Å². The Hall–Kier alpha value is -1.49. The van der Waals surface area contributed by atoms with Crippen molar-refractivity contribution in [3.05, 3.63) is 35.4 Å². The molecule has 0 radical (unpaired) electrons. The minimum absolute atomic E-state index is 0.0224. The van der Waals surface area contributed by atoms with Crippen LogP contribution in [0.5, 0.6) is 0 Å². The number of carbonyl (C=O) groups excluding carboxylic acids is 1. The standard InChI is InChI=1S/C18H24F2N2O/c1-2-17(15-6-5-13(19)12-16(15)20)21-10-7-14(8-11-21)22-9-3-4-18(22)23/h5-6,12,14,17H,2-4,7-11H2,1H3/t17-/m0/s1. The molecule has 3 nitrogen and oxygen atoms in total. The molecule has 2 fully saturated rings. The van der Waals surface area contributed by atoms with Gasteiger partial charge in [0, 0.05) is 49.8 Å². The number of hydrogen-bond acceptors (Lipinski definition) is 2. The van der Waals surface area contributed by atoms with Crippen molar-refractivity contribution in [2.75, 3.05) is 19.6 Å². The van der Waals surface area contributed by atoms with E-state index in [0.29, 0.717) is 18.0 Å². The number of hydrogen-bond donors (Lipinski definition) is 0. The van der Waals surface area contributed by atoms with Crippen molar-refractivity contribution < 1.29 is 13.6 Å². The third kappa shape index (κ3) is 3.39. The molecule has 0 spiro atoms. The van der Waals surface area contributed by atoms with Crippen LogP contribution in [0, 0.1) is 11.6 Å². The van der Waals surface area contributed by atoms with Crippen molar-refractivity contribution in [2.24, 2.45) is 0 Å². The molecule has 2 saturated heterocycles. The van der Waals surface area contributed by atoms with E-state index in [0.717, 1.165) is 51.4 Å². The van der Waals surface area contributed by atoms with E-state index in [1.807, 2.05) is 11.8 Å². The van der Waals surface area contributed by atoms with Gasteiger partial charge in [0.25, 0.3) is 0 Å². The molecule has 0 N–H and O–H groups in total. The van der Waals surface area contributed by atoms with Gasteiger partial charge in [-0.25, -0.2) is 8.78 Å². The van der Waals surface area contributed by atoms with Crippen molar-refractivity contribution >= 4 is 5.91 Å². The lowest BCUT2D eigenvalue weighted by molar-refractivity contribution is -0.130. The summed E-state index contributed by atoms with van der Waals surface area (Å²) in [4.78, 5) is 16.2. The predicted molar refractivity (Wildman–Crippen MR) is 84.9 cm³/mol. The van der Waals surface area contributed by atoms with Crippen molar-refractivity contribution in [1.29, 1.82) is 0 Å². The Labute approximate surface area is 136 Å². The minimum Gasteiger partial charge on any atom is -0.340 e. The first kappa shape index (κ1) is 16.4. The molecule has 1 amide bonds. The molecule has 0 bridgehead atoms. The van der Waals surface area contributed by atoms with Crippen LogP contribution in [0.15, 0.2) is 18.2 Å². The highest BCUT2D eigenvalue weighted by Crippen LogP contribution is 2.31. The molecule has 0 aromatic heterocycles. The summed E-state index contributed by atoms with van der Waals surface area (Å²) in [5, 5.41) is 0. The quantitative estimate of drug-likeness (QED) is 0.847. The van der Waals surface area contributed by atoms with Gasteiger partial charge in [0.1, 0.15) is 11.6 Å². The van der Waals surface area contributed by atoms with Crippen LogP contribution in [0.4, 0.5) is 8.78 Å². The number of halogens is 2. The van der Waals surface area contributed by atoms with E-state index in [-0.39, 0.29) is 11.9 Å². The third-order valence-electron chi connectivity index (χ3n) is 5.20. The fraction of sp³-hybridized carbons (Fsp3) is 0.611. The summed E-state index contributed by atoms with van der Waals surface area (Å²) in [7, 11) is 0. The van der Waals surface area contributed by atoms with Gasteiger partial charge in [-0.3, -0.25) is 9.69 Å². The van der Waals surface area contributed by atoms with Gasteiger partial charge >= 0.3 is 0 Å². The Bertz CT molecular complexity index is 570. The Morgan fingerprint density at radius 2 is 1.96 bits per heavy atom. The first-order valence-electron chi connectivity index (χ1n) is 8.58. The fourth-order valence-corrected chi connectivity index (χ4v) is 4.01. The van der Waals surface area contributed by atoms with Gasteiger partial charge in [-0.1, -0.05) is 13.0 Å². The summed E-state index contributed by atoms with van der Waals surface area (Å²) in [5.41, 5.74) is 0.574. The van der Waals surface area contributed by atoms with E-state index in [1.54, 1.807) is 6.07 Å². The van der Waals surface area contributed by atoms with E-state index in [4.69, 9.17) is 0 Å².